The van der Waals surface area contributed by atoms with Crippen LogP contribution in [0.5, 0.6) is 5.75 Å². The summed E-state index contributed by atoms with van der Waals surface area (Å²) in [5.41, 5.74) is 6.21. The van der Waals surface area contributed by atoms with E-state index in [1.165, 1.54) is 44.9 Å². The lowest BCUT2D eigenvalue weighted by molar-refractivity contribution is 0.183. The number of halogens is 1. The Bertz CT molecular complexity index is 383. The zero-order valence-corrected chi connectivity index (χ0v) is 14.2. The average molecular weight is 312 g/mol. The zero-order valence-electron chi connectivity index (χ0n) is 13.5. The lowest BCUT2D eigenvalue weighted by atomic mass is 10.0. The lowest BCUT2D eigenvalue weighted by Gasteiger charge is -2.21. The summed E-state index contributed by atoms with van der Waals surface area (Å²) in [6.07, 6.45) is 10.2. The summed E-state index contributed by atoms with van der Waals surface area (Å²) in [6, 6.07) is 7.57. The van der Waals surface area contributed by atoms with Crippen molar-refractivity contribution >= 4 is 11.6 Å². The largest absolute Gasteiger partial charge is 0.489 e. The number of unbranched alkanes of at least 4 members (excludes halogenated alkanes) is 6. The second kappa shape index (κ2) is 10.9. The maximum Gasteiger partial charge on any atom is 0.121 e. The highest BCUT2D eigenvalue weighted by Gasteiger charge is 2.14. The van der Waals surface area contributed by atoms with E-state index in [4.69, 9.17) is 22.1 Å². The van der Waals surface area contributed by atoms with Crippen molar-refractivity contribution in [1.29, 1.82) is 0 Å². The minimum absolute atomic E-state index is 0.0172. The van der Waals surface area contributed by atoms with Gasteiger partial charge in [0.05, 0.1) is 0 Å². The van der Waals surface area contributed by atoms with Crippen molar-refractivity contribution in [2.24, 2.45) is 5.73 Å². The Balaban J connectivity index is 2.15. The molecule has 0 aromatic heterocycles. The number of ether oxygens (including phenoxy) is 1. The number of hydrogen-bond donors (Lipinski definition) is 1. The molecule has 0 saturated heterocycles. The second-order valence-corrected chi connectivity index (χ2v) is 6.29. The fourth-order valence-corrected chi connectivity index (χ4v) is 2.59. The predicted molar refractivity (Wildman–Crippen MR) is 92.1 cm³/mol. The molecule has 1 aromatic carbocycles. The summed E-state index contributed by atoms with van der Waals surface area (Å²) in [4.78, 5) is 0. The fraction of sp³-hybridized carbons (Fsp3) is 0.667. The third-order valence-corrected chi connectivity index (χ3v) is 4.10. The van der Waals surface area contributed by atoms with Crippen LogP contribution in [0, 0.1) is 0 Å². The molecule has 2 nitrogen and oxygen atoms in total. The first-order valence-corrected chi connectivity index (χ1v) is 8.69. The van der Waals surface area contributed by atoms with Crippen LogP contribution in [0.15, 0.2) is 24.3 Å². The molecule has 0 aliphatic heterocycles. The smallest absolute Gasteiger partial charge is 0.121 e. The predicted octanol–water partition coefficient (Wildman–Crippen LogP) is 5.58. The van der Waals surface area contributed by atoms with Gasteiger partial charge in [0.2, 0.25) is 0 Å². The molecule has 0 heterocycles. The maximum atomic E-state index is 6.21. The van der Waals surface area contributed by atoms with Crippen molar-refractivity contribution in [3.8, 4) is 5.75 Å². The van der Waals surface area contributed by atoms with Gasteiger partial charge in [-0.05, 0) is 31.5 Å². The minimum Gasteiger partial charge on any atom is -0.489 e. The van der Waals surface area contributed by atoms with E-state index in [1.54, 1.807) is 0 Å². The van der Waals surface area contributed by atoms with E-state index in [1.807, 2.05) is 31.2 Å². The maximum absolute atomic E-state index is 6.21. The van der Waals surface area contributed by atoms with Gasteiger partial charge in [-0.25, -0.2) is 0 Å². The van der Waals surface area contributed by atoms with Crippen molar-refractivity contribution in [2.75, 3.05) is 0 Å². The SMILES string of the molecule is CCCCCCCCCC(N)C(C)Oc1cccc(Cl)c1. The van der Waals surface area contributed by atoms with E-state index in [9.17, 15) is 0 Å². The third kappa shape index (κ3) is 8.33. The molecular weight excluding hydrogens is 282 g/mol. The Morgan fingerprint density at radius 3 is 2.43 bits per heavy atom. The Morgan fingerprint density at radius 2 is 1.76 bits per heavy atom. The Kier molecular flexibility index (Phi) is 9.53. The van der Waals surface area contributed by atoms with Crippen molar-refractivity contribution in [3.63, 3.8) is 0 Å². The summed E-state index contributed by atoms with van der Waals surface area (Å²) < 4.78 is 5.86. The molecular formula is C18H30ClNO. The number of rotatable bonds is 11. The van der Waals surface area contributed by atoms with Gasteiger partial charge >= 0.3 is 0 Å². The first-order chi connectivity index (χ1) is 10.1. The second-order valence-electron chi connectivity index (χ2n) is 5.85. The van der Waals surface area contributed by atoms with E-state index in [0.717, 1.165) is 12.2 Å². The van der Waals surface area contributed by atoms with Gasteiger partial charge in [-0.2, -0.15) is 0 Å². The minimum atomic E-state index is 0.0172. The van der Waals surface area contributed by atoms with E-state index >= 15 is 0 Å². The molecule has 2 N–H and O–H groups in total. The van der Waals surface area contributed by atoms with Crippen molar-refractivity contribution < 1.29 is 4.74 Å². The van der Waals surface area contributed by atoms with Gasteiger partial charge in [0.25, 0.3) is 0 Å². The number of benzene rings is 1. The standard InChI is InChI=1S/C18H30ClNO/c1-3-4-5-6-7-8-9-13-18(20)15(2)21-17-12-10-11-16(19)14-17/h10-12,14-15,18H,3-9,13,20H2,1-2H3. The summed E-state index contributed by atoms with van der Waals surface area (Å²) in [5.74, 6) is 0.796. The van der Waals surface area contributed by atoms with Crippen LogP contribution in [0.25, 0.3) is 0 Å². The molecule has 2 unspecified atom stereocenters. The van der Waals surface area contributed by atoms with E-state index in [0.29, 0.717) is 5.02 Å². The van der Waals surface area contributed by atoms with Gasteiger partial charge in [-0.3, -0.25) is 0 Å². The topological polar surface area (TPSA) is 35.2 Å². The molecule has 21 heavy (non-hydrogen) atoms. The molecule has 1 rings (SSSR count). The normalized spacial score (nSPS) is 13.9. The highest BCUT2D eigenvalue weighted by molar-refractivity contribution is 6.30. The molecule has 0 spiro atoms. The molecule has 2 atom stereocenters. The fourth-order valence-electron chi connectivity index (χ4n) is 2.41. The Morgan fingerprint density at radius 1 is 1.10 bits per heavy atom. The number of hydrogen-bond acceptors (Lipinski definition) is 2. The molecule has 0 aliphatic rings. The van der Waals surface area contributed by atoms with Crippen LogP contribution in [0.1, 0.15) is 65.2 Å². The third-order valence-electron chi connectivity index (χ3n) is 3.86. The molecule has 0 amide bonds. The van der Waals surface area contributed by atoms with Gasteiger partial charge in [0.15, 0.2) is 0 Å². The van der Waals surface area contributed by atoms with Crippen LogP contribution in [0.3, 0.4) is 0 Å². The van der Waals surface area contributed by atoms with Crippen LogP contribution < -0.4 is 10.5 Å². The van der Waals surface area contributed by atoms with Crippen molar-refractivity contribution in [2.45, 2.75) is 77.4 Å². The zero-order chi connectivity index (χ0) is 15.5. The molecule has 120 valence electrons. The average Bonchev–Trinajstić information content (AvgIpc) is 2.46. The van der Waals surface area contributed by atoms with Crippen molar-refractivity contribution in [3.05, 3.63) is 29.3 Å². The summed E-state index contributed by atoms with van der Waals surface area (Å²) in [6.45, 7) is 4.28. The van der Waals surface area contributed by atoms with Gasteiger partial charge in [0.1, 0.15) is 11.9 Å². The van der Waals surface area contributed by atoms with Gasteiger partial charge in [-0.1, -0.05) is 69.5 Å². The molecule has 1 aromatic rings. The first-order valence-electron chi connectivity index (χ1n) is 8.31. The Hall–Kier alpha value is -0.730. The summed E-state index contributed by atoms with van der Waals surface area (Å²) in [5, 5.41) is 0.695. The summed E-state index contributed by atoms with van der Waals surface area (Å²) >= 11 is 5.95. The quantitative estimate of drug-likeness (QED) is 0.542. The van der Waals surface area contributed by atoms with Crippen LogP contribution in [0.2, 0.25) is 5.02 Å². The van der Waals surface area contributed by atoms with Crippen LogP contribution in [-0.4, -0.2) is 12.1 Å². The highest BCUT2D eigenvalue weighted by Crippen LogP contribution is 2.20. The molecule has 0 saturated carbocycles. The van der Waals surface area contributed by atoms with E-state index < -0.39 is 0 Å². The van der Waals surface area contributed by atoms with Crippen LogP contribution in [0.4, 0.5) is 0 Å². The van der Waals surface area contributed by atoms with E-state index in [-0.39, 0.29) is 12.1 Å². The van der Waals surface area contributed by atoms with Crippen molar-refractivity contribution in [1.82, 2.24) is 0 Å². The molecule has 0 fully saturated rings. The lowest BCUT2D eigenvalue weighted by Crippen LogP contribution is -2.36. The van der Waals surface area contributed by atoms with Crippen LogP contribution >= 0.6 is 11.6 Å². The first kappa shape index (κ1) is 18.3. The number of nitrogens with two attached hydrogens (primary N) is 1. The molecule has 0 aliphatic carbocycles. The van der Waals surface area contributed by atoms with Gasteiger partial charge in [-0.15, -0.1) is 0 Å². The summed E-state index contributed by atoms with van der Waals surface area (Å²) in [7, 11) is 0. The monoisotopic (exact) mass is 311 g/mol. The molecule has 0 radical (unpaired) electrons. The molecule has 0 bridgehead atoms. The molecule has 3 heteroatoms. The van der Waals surface area contributed by atoms with Gasteiger partial charge < -0.3 is 10.5 Å². The Labute approximate surface area is 135 Å². The highest BCUT2D eigenvalue weighted by atomic mass is 35.5. The van der Waals surface area contributed by atoms with E-state index in [2.05, 4.69) is 6.92 Å². The van der Waals surface area contributed by atoms with Crippen LogP contribution in [-0.2, 0) is 0 Å². The van der Waals surface area contributed by atoms with Gasteiger partial charge in [0, 0.05) is 11.1 Å².